The maximum atomic E-state index is 12.4. The van der Waals surface area contributed by atoms with Crippen LogP contribution in [-0.2, 0) is 20.2 Å². The Labute approximate surface area is 286 Å². The largest absolute Gasteiger partial charge is 0.497 e. The first-order valence-electron chi connectivity index (χ1n) is 14.8. The Morgan fingerprint density at radius 3 is 1.35 bits per heavy atom. The molecule has 0 radical (unpaired) electrons. The summed E-state index contributed by atoms with van der Waals surface area (Å²) in [5.41, 5.74) is 1.79. The summed E-state index contributed by atoms with van der Waals surface area (Å²) in [5, 5.41) is 0. The number of methoxy groups -OCH3 is 4. The Morgan fingerprint density at radius 2 is 1.02 bits per heavy atom. The van der Waals surface area contributed by atoms with Gasteiger partial charge in [0.25, 0.3) is 20.2 Å². The van der Waals surface area contributed by atoms with E-state index in [-0.39, 0.29) is 13.0 Å². The fourth-order valence-corrected chi connectivity index (χ4v) is 7.82. The number of aromatic nitrogens is 2. The molecule has 0 aliphatic carbocycles. The molecule has 2 heterocycles. The molecule has 2 aromatic heterocycles. The molecule has 0 atom stereocenters. The second kappa shape index (κ2) is 15.3. The summed E-state index contributed by atoms with van der Waals surface area (Å²) in [4.78, 5) is 12.2. The van der Waals surface area contributed by atoms with Crippen LogP contribution in [0, 0.1) is 0 Å². The highest BCUT2D eigenvalue weighted by Crippen LogP contribution is 2.34. The molecule has 0 unspecified atom stereocenters. The van der Waals surface area contributed by atoms with Crippen molar-refractivity contribution in [2.75, 3.05) is 70.4 Å². The molecular weight excluding hydrogens is 677 g/mol. The summed E-state index contributed by atoms with van der Waals surface area (Å²) in [7, 11) is -0.128. The molecule has 2 aromatic carbocycles. The average molecular weight is 717 g/mol. The minimum absolute atomic E-state index is 0.110. The molecule has 16 heteroatoms. The zero-order valence-electron chi connectivity index (χ0n) is 28.0. The topological polar surface area (TPSA) is 178 Å². The van der Waals surface area contributed by atoms with E-state index in [0.717, 1.165) is 5.56 Å². The molecule has 0 fully saturated rings. The van der Waals surface area contributed by atoms with Gasteiger partial charge >= 0.3 is 0 Å². The summed E-state index contributed by atoms with van der Waals surface area (Å²) in [5.74, 6) is 0.308. The lowest BCUT2D eigenvalue weighted by Gasteiger charge is -2.42. The third-order valence-corrected chi connectivity index (χ3v) is 9.95. The first kappa shape index (κ1) is 37.2. The van der Waals surface area contributed by atoms with Gasteiger partial charge in [-0.2, -0.15) is 16.8 Å². The van der Waals surface area contributed by atoms with E-state index in [1.165, 1.54) is 32.4 Å². The molecule has 0 aliphatic rings. The highest BCUT2D eigenvalue weighted by Gasteiger charge is 2.43. The number of hydrogen-bond donors (Lipinski definition) is 2. The molecule has 14 nitrogen and oxygen atoms in total. The van der Waals surface area contributed by atoms with E-state index in [0.29, 0.717) is 51.3 Å². The third kappa shape index (κ3) is 9.72. The number of ether oxygens (including phenoxy) is 4. The fraction of sp³-hybridized carbons (Fsp3) is 0.333. The molecule has 0 saturated carbocycles. The molecule has 264 valence electrons. The van der Waals surface area contributed by atoms with E-state index in [2.05, 4.69) is 9.97 Å². The fourth-order valence-electron chi connectivity index (χ4n) is 5.45. The van der Waals surface area contributed by atoms with Crippen molar-refractivity contribution < 1.29 is 44.9 Å². The van der Waals surface area contributed by atoms with Crippen molar-refractivity contribution in [1.29, 1.82) is 0 Å². The Bertz CT molecular complexity index is 1880. The number of pyridine rings is 2. The molecular formula is C33H40N4O10S2. The van der Waals surface area contributed by atoms with Crippen molar-refractivity contribution in [2.45, 2.75) is 12.0 Å². The first-order valence-corrected chi connectivity index (χ1v) is 18.0. The average Bonchev–Trinajstić information content (AvgIpc) is 3.08. The number of rotatable bonds is 16. The van der Waals surface area contributed by atoms with Crippen LogP contribution < -0.4 is 28.7 Å². The minimum atomic E-state index is -4.75. The van der Waals surface area contributed by atoms with Crippen LogP contribution >= 0.6 is 0 Å². The van der Waals surface area contributed by atoms with Gasteiger partial charge < -0.3 is 28.7 Å². The van der Waals surface area contributed by atoms with Crippen LogP contribution in [-0.4, -0.2) is 102 Å². The Hall–Kier alpha value is -4.64. The number of benzene rings is 2. The lowest BCUT2D eigenvalue weighted by molar-refractivity contribution is 0.394. The van der Waals surface area contributed by atoms with Gasteiger partial charge in [0, 0.05) is 43.9 Å². The molecule has 0 bridgehead atoms. The lowest BCUT2D eigenvalue weighted by Crippen LogP contribution is -2.57. The number of hydrogen-bond acceptors (Lipinski definition) is 12. The second-order valence-electron chi connectivity index (χ2n) is 11.4. The van der Waals surface area contributed by atoms with Crippen molar-refractivity contribution in [3.63, 3.8) is 0 Å². The van der Waals surface area contributed by atoms with Crippen LogP contribution in [0.25, 0.3) is 22.5 Å². The molecule has 49 heavy (non-hydrogen) atoms. The quantitative estimate of drug-likeness (QED) is 0.157. The molecule has 4 aromatic rings. The maximum absolute atomic E-state index is 12.4. The van der Waals surface area contributed by atoms with Gasteiger partial charge in [-0.15, -0.1) is 0 Å². The molecule has 2 N–H and O–H groups in total. The van der Waals surface area contributed by atoms with Crippen molar-refractivity contribution in [2.24, 2.45) is 0 Å². The summed E-state index contributed by atoms with van der Waals surface area (Å²) >= 11 is 0. The van der Waals surface area contributed by atoms with E-state index in [1.54, 1.807) is 74.8 Å². The monoisotopic (exact) mass is 716 g/mol. The van der Waals surface area contributed by atoms with E-state index in [9.17, 15) is 25.9 Å². The Morgan fingerprint density at radius 1 is 0.633 bits per heavy atom. The first-order chi connectivity index (χ1) is 23.1. The normalized spacial score (nSPS) is 11.9. The molecule has 0 aliphatic heterocycles. The van der Waals surface area contributed by atoms with Gasteiger partial charge in [0.05, 0.1) is 80.6 Å². The van der Waals surface area contributed by atoms with Gasteiger partial charge in [0.1, 0.15) is 23.0 Å². The van der Waals surface area contributed by atoms with Crippen LogP contribution in [0.5, 0.6) is 23.0 Å². The van der Waals surface area contributed by atoms with Crippen molar-refractivity contribution in [1.82, 2.24) is 9.97 Å². The van der Waals surface area contributed by atoms with Crippen LogP contribution in [0.1, 0.15) is 6.42 Å². The van der Waals surface area contributed by atoms with Crippen LogP contribution in [0.2, 0.25) is 0 Å². The predicted molar refractivity (Wildman–Crippen MR) is 187 cm³/mol. The predicted octanol–water partition coefficient (Wildman–Crippen LogP) is 4.32. The summed E-state index contributed by atoms with van der Waals surface area (Å²) in [6.45, 7) is 0.110. The van der Waals surface area contributed by atoms with E-state index >= 15 is 0 Å². The van der Waals surface area contributed by atoms with Crippen LogP contribution in [0.3, 0.4) is 0 Å². The standard InChI is InChI=1S/C33H40N4O10S2/c1-36(25-7-9-31(34-19-25)23-13-27(44-3)17-28(14-23)45-4)12-11-33(21-48(38,39)40,22-49(41,42)43)37(2)26-8-10-32(35-20-26)24-15-29(46-5)18-30(16-24)47-6/h7-10,13-20H,11-12,21-22H2,1-6H3,(H,38,39,40)(H,41,42,43). The maximum Gasteiger partial charge on any atom is 0.267 e. The lowest BCUT2D eigenvalue weighted by atomic mass is 9.96. The van der Waals surface area contributed by atoms with E-state index in [4.69, 9.17) is 18.9 Å². The molecule has 0 spiro atoms. The van der Waals surface area contributed by atoms with Crippen LogP contribution in [0.15, 0.2) is 73.1 Å². The highest BCUT2D eigenvalue weighted by molar-refractivity contribution is 7.86. The van der Waals surface area contributed by atoms with Gasteiger partial charge in [-0.05, 0) is 55.0 Å². The van der Waals surface area contributed by atoms with Crippen molar-refractivity contribution in [3.05, 3.63) is 73.1 Å². The second-order valence-corrected chi connectivity index (χ2v) is 14.3. The third-order valence-electron chi connectivity index (χ3n) is 8.14. The van der Waals surface area contributed by atoms with Crippen LogP contribution in [0.4, 0.5) is 11.4 Å². The number of anilines is 2. The Kier molecular flexibility index (Phi) is 11.6. The molecule has 0 saturated heterocycles. The molecule has 0 amide bonds. The Balaban J connectivity index is 1.64. The molecule has 4 rings (SSSR count). The summed E-state index contributed by atoms with van der Waals surface area (Å²) in [6, 6.07) is 17.5. The SMILES string of the molecule is COc1cc(OC)cc(-c2ccc(N(C)CCC(CS(=O)(=O)O)(CS(=O)(=O)O)N(C)c3ccc(-c4cc(OC)cc(OC)c4)nc3)cn2)c1. The smallest absolute Gasteiger partial charge is 0.267 e. The van der Waals surface area contributed by atoms with Gasteiger partial charge in [-0.3, -0.25) is 19.1 Å². The zero-order chi connectivity index (χ0) is 36.0. The number of nitrogens with zero attached hydrogens (tertiary/aromatic N) is 4. The van der Waals surface area contributed by atoms with Gasteiger partial charge in [-0.25, -0.2) is 0 Å². The van der Waals surface area contributed by atoms with Crippen molar-refractivity contribution >= 4 is 31.6 Å². The summed E-state index contributed by atoms with van der Waals surface area (Å²) < 4.78 is 91.0. The van der Waals surface area contributed by atoms with E-state index < -0.39 is 37.3 Å². The minimum Gasteiger partial charge on any atom is -0.497 e. The van der Waals surface area contributed by atoms with Gasteiger partial charge in [-0.1, -0.05) is 0 Å². The van der Waals surface area contributed by atoms with Gasteiger partial charge in [0.2, 0.25) is 0 Å². The highest BCUT2D eigenvalue weighted by atomic mass is 32.2. The van der Waals surface area contributed by atoms with E-state index in [1.807, 2.05) is 18.2 Å². The zero-order valence-corrected chi connectivity index (χ0v) is 29.7. The van der Waals surface area contributed by atoms with Crippen molar-refractivity contribution in [3.8, 4) is 45.5 Å². The summed E-state index contributed by atoms with van der Waals surface area (Å²) in [6.07, 6.45) is 2.95. The van der Waals surface area contributed by atoms with Gasteiger partial charge in [0.15, 0.2) is 0 Å².